The van der Waals surface area contributed by atoms with Crippen LogP contribution in [-0.2, 0) is 10.8 Å². The molecule has 24 aromatic carbocycles. The van der Waals surface area contributed by atoms with Crippen LogP contribution in [0.25, 0.3) is 207 Å². The fraction of sp³-hybridized carbons (Fsp3) is 0.0175. The zero-order valence-electron chi connectivity index (χ0n) is 62.1. The first-order valence-corrected chi connectivity index (χ1v) is 40.1. The molecule has 0 atom stereocenters. The second-order valence-electron chi connectivity index (χ2n) is 32.2. The lowest BCUT2D eigenvalue weighted by molar-refractivity contribution is 0.769. The van der Waals surface area contributed by atoms with Crippen molar-refractivity contribution >= 4 is 129 Å². The van der Waals surface area contributed by atoms with Gasteiger partial charge in [-0.3, -0.25) is 0 Å². The van der Waals surface area contributed by atoms with E-state index in [4.69, 9.17) is 0 Å². The number of rotatable bonds is 6. The lowest BCUT2D eigenvalue weighted by Crippen LogP contribution is -2.28. The topological polar surface area (TPSA) is 0 Å². The van der Waals surface area contributed by atoms with E-state index >= 15 is 0 Å². The summed E-state index contributed by atoms with van der Waals surface area (Å²) in [5.41, 5.74) is 27.6. The summed E-state index contributed by atoms with van der Waals surface area (Å²) in [6.07, 6.45) is 0. The van der Waals surface area contributed by atoms with E-state index in [2.05, 4.69) is 400 Å². The van der Waals surface area contributed by atoms with Crippen molar-refractivity contribution in [1.82, 2.24) is 0 Å². The fourth-order valence-corrected chi connectivity index (χ4v) is 22.2. The minimum absolute atomic E-state index is 0.461. The molecule has 3 aliphatic carbocycles. The van der Waals surface area contributed by atoms with Gasteiger partial charge in [-0.2, -0.15) is 0 Å². The van der Waals surface area contributed by atoms with Crippen LogP contribution in [0.2, 0.25) is 0 Å². The first-order chi connectivity index (χ1) is 56.5. The molecule has 1 spiro atoms. The number of benzene rings is 24. The lowest BCUT2D eigenvalue weighted by Gasteiger charge is -2.34. The Morgan fingerprint density at radius 2 is 0.333 bits per heavy atom. The molecule has 0 unspecified atom stereocenters. The smallest absolute Gasteiger partial charge is 0.0622 e. The van der Waals surface area contributed by atoms with Crippen LogP contribution < -0.4 is 0 Å². The van der Waals surface area contributed by atoms with Crippen LogP contribution in [0.4, 0.5) is 0 Å². The molecule has 0 fully saturated rings. The summed E-state index contributed by atoms with van der Waals surface area (Å²) >= 11 is 0. The molecule has 0 N–H and O–H groups in total. The quantitative estimate of drug-likeness (QED) is 0.146. The second-order valence-corrected chi connectivity index (χ2v) is 32.2. The summed E-state index contributed by atoms with van der Waals surface area (Å²) in [6, 6.07) is 152. The number of fused-ring (bicyclic) bond motifs is 13. The zero-order valence-corrected chi connectivity index (χ0v) is 62.1. The van der Waals surface area contributed by atoms with Crippen molar-refractivity contribution in [3.05, 3.63) is 445 Å². The molecular formula is C114H66. The third-order valence-corrected chi connectivity index (χ3v) is 27.0. The van der Waals surface area contributed by atoms with Crippen molar-refractivity contribution in [3.63, 3.8) is 0 Å². The molecule has 0 aliphatic heterocycles. The van der Waals surface area contributed by atoms with Gasteiger partial charge in [-0.15, -0.1) is 0 Å². The van der Waals surface area contributed by atoms with Gasteiger partial charge >= 0.3 is 0 Å². The molecule has 0 heterocycles. The summed E-state index contributed by atoms with van der Waals surface area (Å²) in [4.78, 5) is 0. The van der Waals surface area contributed by atoms with Gasteiger partial charge in [-0.25, -0.2) is 0 Å². The molecule has 0 radical (unpaired) electrons. The van der Waals surface area contributed by atoms with Crippen molar-refractivity contribution < 1.29 is 0 Å². The summed E-state index contributed by atoms with van der Waals surface area (Å²) in [5.74, 6) is 0. The van der Waals surface area contributed by atoms with Crippen LogP contribution >= 0.6 is 0 Å². The first-order valence-electron chi connectivity index (χ1n) is 40.1. The molecule has 3 aliphatic rings. The summed E-state index contributed by atoms with van der Waals surface area (Å²) in [7, 11) is 0. The highest BCUT2D eigenvalue weighted by molar-refractivity contribution is 6.30. The molecule has 0 aromatic heterocycles. The van der Waals surface area contributed by atoms with Gasteiger partial charge in [0, 0.05) is 0 Å². The predicted octanol–water partition coefficient (Wildman–Crippen LogP) is 30.3. The largest absolute Gasteiger partial charge is 0.0725 e. The van der Waals surface area contributed by atoms with Crippen molar-refractivity contribution in [1.29, 1.82) is 0 Å². The standard InChI is InChI=1S/C57H32.C57H34/c1-3-13-49-43(11-1)44-12-2-4-14-50(44)57(49)51-31-39(41-25-19-37-17-15-33-7-5-9-35-21-29-47(41)55(37)53(33)35)23-27-45(51)46-28-24-40(32-52(46)57)42-26-20-38-18-16-34-8-6-10-36-22-30-48(42)56(38)54(34)36;1-3-13-43(14-4-1)57(44-15-5-2-6-16-44)51-33-41(45-27-21-39-19-17-35-9-7-11-37-23-31-49(45)55(39)53(35)37)25-29-47(51)48-30-26-42(34-52(48)57)46-28-22-40-20-18-36-10-8-12-38-24-32-50(46)56(40)54(36)38/h1-32H;1-34H. The normalized spacial score (nSPS) is 13.6. The summed E-state index contributed by atoms with van der Waals surface area (Å²) < 4.78 is 0. The maximum Gasteiger partial charge on any atom is 0.0725 e. The average molecular weight is 1440 g/mol. The Labute approximate surface area is 658 Å². The highest BCUT2D eigenvalue weighted by atomic mass is 14.5. The summed E-state index contributed by atoms with van der Waals surface area (Å²) in [5, 5.41) is 31.6. The Morgan fingerprint density at radius 3 is 0.614 bits per heavy atom. The molecule has 114 heavy (non-hydrogen) atoms. The van der Waals surface area contributed by atoms with E-state index in [-0.39, 0.29) is 0 Å². The Balaban J connectivity index is 0.000000126. The van der Waals surface area contributed by atoms with Gasteiger partial charge in [0.15, 0.2) is 0 Å². The average Bonchev–Trinajstić information content (AvgIpc) is 1.48. The van der Waals surface area contributed by atoms with Gasteiger partial charge < -0.3 is 0 Å². The van der Waals surface area contributed by atoms with Crippen molar-refractivity contribution in [2.75, 3.05) is 0 Å². The summed E-state index contributed by atoms with van der Waals surface area (Å²) in [6.45, 7) is 0. The van der Waals surface area contributed by atoms with Crippen molar-refractivity contribution in [2.24, 2.45) is 0 Å². The highest BCUT2D eigenvalue weighted by Gasteiger charge is 2.52. The van der Waals surface area contributed by atoms with Crippen LogP contribution in [-0.4, -0.2) is 0 Å². The van der Waals surface area contributed by atoms with E-state index in [1.807, 2.05) is 0 Å². The van der Waals surface area contributed by atoms with Crippen molar-refractivity contribution in [3.8, 4) is 77.9 Å². The third-order valence-electron chi connectivity index (χ3n) is 27.0. The van der Waals surface area contributed by atoms with E-state index < -0.39 is 10.8 Å². The van der Waals surface area contributed by atoms with E-state index in [1.54, 1.807) is 0 Å². The second kappa shape index (κ2) is 23.0. The SMILES string of the molecule is c1ccc(C2(c3ccccc3)c3cc(-c4ccc5ccc6cccc7ccc4c5c67)ccc3-c3ccc(-c4ccc5ccc6cccc7ccc4c5c67)cc32)cc1.c1ccc2c(c1)-c1ccccc1C21c2cc(-c3ccc4ccc5cccc6ccc3c4c56)ccc2-c2ccc(-c3ccc4ccc5cccc6ccc3c4c56)cc21. The van der Waals surface area contributed by atoms with E-state index in [0.29, 0.717) is 0 Å². The van der Waals surface area contributed by atoms with Crippen LogP contribution in [0.1, 0.15) is 44.5 Å². The monoisotopic (exact) mass is 1430 g/mol. The van der Waals surface area contributed by atoms with Gasteiger partial charge in [-0.1, -0.05) is 376 Å². The van der Waals surface area contributed by atoms with Crippen LogP contribution in [0.5, 0.6) is 0 Å². The van der Waals surface area contributed by atoms with Crippen LogP contribution in [0, 0.1) is 0 Å². The Hall–Kier alpha value is -14.6. The number of hydrogen-bond acceptors (Lipinski definition) is 0. The minimum atomic E-state index is -0.535. The molecule has 0 saturated carbocycles. The van der Waals surface area contributed by atoms with Crippen LogP contribution in [0.15, 0.2) is 400 Å². The van der Waals surface area contributed by atoms with Gasteiger partial charge in [0.05, 0.1) is 10.8 Å². The molecule has 0 nitrogen and oxygen atoms in total. The van der Waals surface area contributed by atoms with Gasteiger partial charge in [0.25, 0.3) is 0 Å². The molecule has 0 bridgehead atoms. The van der Waals surface area contributed by atoms with E-state index in [0.717, 1.165) is 0 Å². The molecule has 24 aromatic rings. The van der Waals surface area contributed by atoms with E-state index in [1.165, 1.54) is 252 Å². The Morgan fingerprint density at radius 1 is 0.123 bits per heavy atom. The molecule has 0 heteroatoms. The lowest BCUT2D eigenvalue weighted by atomic mass is 9.67. The fourth-order valence-electron chi connectivity index (χ4n) is 22.2. The highest BCUT2D eigenvalue weighted by Crippen LogP contribution is 2.65. The molecule has 27 rings (SSSR count). The first kappa shape index (κ1) is 62.2. The third kappa shape index (κ3) is 8.25. The molecule has 0 saturated heterocycles. The molecule has 522 valence electrons. The zero-order chi connectivity index (χ0) is 74.2. The maximum absolute atomic E-state index is 2.54. The minimum Gasteiger partial charge on any atom is -0.0622 e. The maximum atomic E-state index is 2.54. The predicted molar refractivity (Wildman–Crippen MR) is 483 cm³/mol. The van der Waals surface area contributed by atoms with Gasteiger partial charge in [-0.05, 0) is 276 Å². The van der Waals surface area contributed by atoms with E-state index in [9.17, 15) is 0 Å². The van der Waals surface area contributed by atoms with Crippen LogP contribution in [0.3, 0.4) is 0 Å². The number of hydrogen-bond donors (Lipinski definition) is 0. The van der Waals surface area contributed by atoms with Gasteiger partial charge in [0.1, 0.15) is 0 Å². The van der Waals surface area contributed by atoms with Gasteiger partial charge in [0.2, 0.25) is 0 Å². The molecule has 0 amide bonds. The Bertz CT molecular complexity index is 7280. The molecular weight excluding hydrogens is 1370 g/mol. The van der Waals surface area contributed by atoms with Crippen molar-refractivity contribution in [2.45, 2.75) is 10.8 Å². The Kier molecular flexibility index (Phi) is 12.6.